The molecule has 0 unspecified atom stereocenters. The molecule has 2 aromatic carbocycles. The Hall–Kier alpha value is -1.82. The van der Waals surface area contributed by atoms with E-state index in [0.717, 1.165) is 0 Å². The van der Waals surface area contributed by atoms with Gasteiger partial charge in [-0.25, -0.2) is 0 Å². The molecule has 118 valence electrons. The van der Waals surface area contributed by atoms with Crippen LogP contribution in [0.25, 0.3) is 6.08 Å². The monoisotopic (exact) mass is 294 g/mol. The van der Waals surface area contributed by atoms with Gasteiger partial charge in [0.25, 0.3) is 0 Å². The zero-order chi connectivity index (χ0) is 16.0. The summed E-state index contributed by atoms with van der Waals surface area (Å²) >= 11 is 0. The highest BCUT2D eigenvalue weighted by Crippen LogP contribution is 2.14. The minimum Gasteiger partial charge on any atom is -0.0985 e. The molecule has 0 heterocycles. The Kier molecular flexibility index (Phi) is 9.78. The van der Waals surface area contributed by atoms with E-state index in [1.165, 1.54) is 44.1 Å². The van der Waals surface area contributed by atoms with Crippen molar-refractivity contribution in [1.82, 2.24) is 0 Å². The van der Waals surface area contributed by atoms with Gasteiger partial charge in [0.2, 0.25) is 0 Å². The number of benzene rings is 2. The lowest BCUT2D eigenvalue weighted by molar-refractivity contribution is 0.758. The molecule has 0 aliphatic carbocycles. The highest BCUT2D eigenvalue weighted by atomic mass is 14.1. The first kappa shape index (κ1) is 18.2. The van der Waals surface area contributed by atoms with Gasteiger partial charge in [0.15, 0.2) is 0 Å². The molecule has 0 saturated carbocycles. The third kappa shape index (κ3) is 7.26. The molecule has 0 amide bonds. The van der Waals surface area contributed by atoms with Crippen molar-refractivity contribution in [3.8, 4) is 0 Å². The summed E-state index contributed by atoms with van der Waals surface area (Å²) in [7, 11) is 0. The largest absolute Gasteiger partial charge is 0.0985 e. The molecule has 0 heteroatoms. The van der Waals surface area contributed by atoms with Crippen LogP contribution in [0.5, 0.6) is 0 Å². The SMILES string of the molecule is C=Cc1ccccc1.CCCCc1ccccc1CCCC. The topological polar surface area (TPSA) is 0 Å². The van der Waals surface area contributed by atoms with Gasteiger partial charge in [-0.2, -0.15) is 0 Å². The second-order valence-corrected chi connectivity index (χ2v) is 5.59. The fourth-order valence-electron chi connectivity index (χ4n) is 2.37. The highest BCUT2D eigenvalue weighted by Gasteiger charge is 1.99. The zero-order valence-electron chi connectivity index (χ0n) is 14.2. The van der Waals surface area contributed by atoms with Crippen LogP contribution in [-0.4, -0.2) is 0 Å². The summed E-state index contributed by atoms with van der Waals surface area (Å²) in [6.07, 6.45) is 9.59. The van der Waals surface area contributed by atoms with E-state index in [1.54, 1.807) is 11.1 Å². The number of hydrogen-bond donors (Lipinski definition) is 0. The quantitative estimate of drug-likeness (QED) is 0.533. The van der Waals surface area contributed by atoms with E-state index in [0.29, 0.717) is 0 Å². The van der Waals surface area contributed by atoms with Crippen LogP contribution in [0.15, 0.2) is 61.2 Å². The van der Waals surface area contributed by atoms with Gasteiger partial charge in [-0.15, -0.1) is 0 Å². The van der Waals surface area contributed by atoms with Crippen molar-refractivity contribution in [3.63, 3.8) is 0 Å². The van der Waals surface area contributed by atoms with Gasteiger partial charge in [0.05, 0.1) is 0 Å². The second kappa shape index (κ2) is 11.8. The van der Waals surface area contributed by atoms with Crippen LogP contribution in [0.4, 0.5) is 0 Å². The van der Waals surface area contributed by atoms with Crippen LogP contribution >= 0.6 is 0 Å². The smallest absolute Gasteiger partial charge is 0.0263 e. The van der Waals surface area contributed by atoms with E-state index in [2.05, 4.69) is 44.7 Å². The van der Waals surface area contributed by atoms with Crippen LogP contribution in [-0.2, 0) is 12.8 Å². The van der Waals surface area contributed by atoms with E-state index >= 15 is 0 Å². The normalized spacial score (nSPS) is 9.73. The summed E-state index contributed by atoms with van der Waals surface area (Å²) < 4.78 is 0. The average Bonchev–Trinajstić information content (AvgIpc) is 2.60. The lowest BCUT2D eigenvalue weighted by Gasteiger charge is -2.07. The average molecular weight is 294 g/mol. The summed E-state index contributed by atoms with van der Waals surface area (Å²) in [5, 5.41) is 0. The minimum atomic E-state index is 1.17. The van der Waals surface area contributed by atoms with Gasteiger partial charge < -0.3 is 0 Å². The molecule has 0 aliphatic rings. The first-order valence-electron chi connectivity index (χ1n) is 8.56. The van der Waals surface area contributed by atoms with Gasteiger partial charge in [-0.3, -0.25) is 0 Å². The molecule has 0 radical (unpaired) electrons. The number of aryl methyl sites for hydroxylation is 2. The first-order valence-corrected chi connectivity index (χ1v) is 8.56. The van der Waals surface area contributed by atoms with Gasteiger partial charge in [0, 0.05) is 0 Å². The maximum absolute atomic E-state index is 3.63. The van der Waals surface area contributed by atoms with Crippen LogP contribution < -0.4 is 0 Å². The fourth-order valence-corrected chi connectivity index (χ4v) is 2.37. The van der Waals surface area contributed by atoms with Crippen molar-refractivity contribution < 1.29 is 0 Å². The Labute approximate surface area is 136 Å². The van der Waals surface area contributed by atoms with Gasteiger partial charge in [0.1, 0.15) is 0 Å². The van der Waals surface area contributed by atoms with Crippen LogP contribution in [0, 0.1) is 0 Å². The third-order valence-electron chi connectivity index (χ3n) is 3.75. The second-order valence-electron chi connectivity index (χ2n) is 5.59. The number of unbranched alkanes of at least 4 members (excludes halogenated alkanes) is 2. The van der Waals surface area contributed by atoms with Crippen molar-refractivity contribution in [3.05, 3.63) is 77.9 Å². The van der Waals surface area contributed by atoms with Gasteiger partial charge in [-0.05, 0) is 42.4 Å². The lowest BCUT2D eigenvalue weighted by atomic mass is 9.98. The highest BCUT2D eigenvalue weighted by molar-refractivity contribution is 5.45. The minimum absolute atomic E-state index is 1.17. The zero-order valence-corrected chi connectivity index (χ0v) is 14.2. The Morgan fingerprint density at radius 1 is 0.727 bits per heavy atom. The summed E-state index contributed by atoms with van der Waals surface area (Å²) in [6, 6.07) is 18.9. The van der Waals surface area contributed by atoms with Crippen molar-refractivity contribution in [2.45, 2.75) is 52.4 Å². The molecule has 0 aliphatic heterocycles. The van der Waals surface area contributed by atoms with Crippen LogP contribution in [0.2, 0.25) is 0 Å². The molecule has 0 nitrogen and oxygen atoms in total. The molecular formula is C22H30. The summed E-state index contributed by atoms with van der Waals surface area (Å²) in [4.78, 5) is 0. The Bertz CT molecular complexity index is 484. The molecule has 2 rings (SSSR count). The molecule has 0 spiro atoms. The van der Waals surface area contributed by atoms with Crippen molar-refractivity contribution in [2.75, 3.05) is 0 Å². The number of hydrogen-bond acceptors (Lipinski definition) is 0. The van der Waals surface area contributed by atoms with Crippen LogP contribution in [0.3, 0.4) is 0 Å². The Morgan fingerprint density at radius 3 is 1.55 bits per heavy atom. The van der Waals surface area contributed by atoms with Crippen molar-refractivity contribution in [1.29, 1.82) is 0 Å². The maximum atomic E-state index is 3.63. The molecular weight excluding hydrogens is 264 g/mol. The van der Waals surface area contributed by atoms with Crippen molar-refractivity contribution in [2.24, 2.45) is 0 Å². The van der Waals surface area contributed by atoms with Crippen molar-refractivity contribution >= 4 is 6.08 Å². The molecule has 0 atom stereocenters. The summed E-state index contributed by atoms with van der Waals surface area (Å²) in [5.41, 5.74) is 4.32. The van der Waals surface area contributed by atoms with E-state index < -0.39 is 0 Å². The molecule has 0 bridgehead atoms. The summed E-state index contributed by atoms with van der Waals surface area (Å²) in [6.45, 7) is 8.15. The summed E-state index contributed by atoms with van der Waals surface area (Å²) in [5.74, 6) is 0. The molecule has 0 N–H and O–H groups in total. The van der Waals surface area contributed by atoms with Gasteiger partial charge >= 0.3 is 0 Å². The fraction of sp³-hybridized carbons (Fsp3) is 0.364. The number of rotatable bonds is 7. The van der Waals surface area contributed by atoms with E-state index in [9.17, 15) is 0 Å². The predicted molar refractivity (Wildman–Crippen MR) is 100 cm³/mol. The van der Waals surface area contributed by atoms with Gasteiger partial charge in [-0.1, -0.05) is 93.9 Å². The lowest BCUT2D eigenvalue weighted by Crippen LogP contribution is -1.94. The predicted octanol–water partition coefficient (Wildman–Crippen LogP) is 6.70. The third-order valence-corrected chi connectivity index (χ3v) is 3.75. The molecule has 2 aromatic rings. The molecule has 0 fully saturated rings. The molecule has 22 heavy (non-hydrogen) atoms. The van der Waals surface area contributed by atoms with E-state index in [-0.39, 0.29) is 0 Å². The first-order chi connectivity index (χ1) is 10.8. The van der Waals surface area contributed by atoms with E-state index in [1.807, 2.05) is 36.4 Å². The maximum Gasteiger partial charge on any atom is -0.0263 e. The molecule has 0 aromatic heterocycles. The van der Waals surface area contributed by atoms with E-state index in [4.69, 9.17) is 0 Å². The molecule has 0 saturated heterocycles. The standard InChI is InChI=1S/C14H22.C8H8/c1-3-5-9-13-11-7-8-12-14(13)10-6-4-2;1-2-8-6-4-3-5-7-8/h7-8,11-12H,3-6,9-10H2,1-2H3;2-7H,1H2. The Balaban J connectivity index is 0.000000255. The Morgan fingerprint density at radius 2 is 1.18 bits per heavy atom. The van der Waals surface area contributed by atoms with Crippen LogP contribution in [0.1, 0.15) is 56.2 Å².